The van der Waals surface area contributed by atoms with E-state index in [2.05, 4.69) is 10.3 Å². The Bertz CT molecular complexity index is 1000. The van der Waals surface area contributed by atoms with Crippen molar-refractivity contribution in [3.05, 3.63) is 75.5 Å². The Morgan fingerprint density at radius 3 is 2.84 bits per heavy atom. The number of carbonyl (C=O) groups is 1. The fourth-order valence-corrected chi connectivity index (χ4v) is 2.89. The molecule has 5 nitrogen and oxygen atoms in total. The van der Waals surface area contributed by atoms with Gasteiger partial charge < -0.3 is 5.32 Å². The van der Waals surface area contributed by atoms with Gasteiger partial charge in [0.2, 0.25) is 5.91 Å². The van der Waals surface area contributed by atoms with Crippen molar-refractivity contribution in [2.24, 2.45) is 0 Å². The molecule has 0 aliphatic heterocycles. The van der Waals surface area contributed by atoms with Crippen molar-refractivity contribution >= 4 is 28.4 Å². The van der Waals surface area contributed by atoms with E-state index in [1.165, 1.54) is 29.1 Å². The molecule has 0 radical (unpaired) electrons. The average Bonchev–Trinajstić information content (AvgIpc) is 2.57. The van der Waals surface area contributed by atoms with Crippen molar-refractivity contribution in [1.29, 1.82) is 0 Å². The third-order valence-electron chi connectivity index (χ3n) is 3.85. The first-order valence-corrected chi connectivity index (χ1v) is 8.02. The van der Waals surface area contributed by atoms with Crippen LogP contribution in [0.5, 0.6) is 0 Å². The molecule has 1 amide bonds. The van der Waals surface area contributed by atoms with E-state index in [-0.39, 0.29) is 29.4 Å². The number of aromatic nitrogens is 2. The van der Waals surface area contributed by atoms with E-state index in [4.69, 9.17) is 11.6 Å². The molecule has 2 aromatic carbocycles. The Morgan fingerprint density at radius 2 is 2.08 bits per heavy atom. The normalized spacial score (nSPS) is 12.1. The molecule has 0 spiro atoms. The molecule has 1 heterocycles. The lowest BCUT2D eigenvalue weighted by Gasteiger charge is -2.16. The molecule has 0 aliphatic carbocycles. The summed E-state index contributed by atoms with van der Waals surface area (Å²) < 4.78 is 14.4. The van der Waals surface area contributed by atoms with Gasteiger partial charge in [-0.15, -0.1) is 0 Å². The Labute approximate surface area is 148 Å². The maximum Gasteiger partial charge on any atom is 0.261 e. The van der Waals surface area contributed by atoms with Crippen LogP contribution < -0.4 is 10.9 Å². The number of nitrogens with zero attached hydrogens (tertiary/aromatic N) is 2. The average molecular weight is 360 g/mol. The molecule has 1 N–H and O–H groups in total. The monoisotopic (exact) mass is 359 g/mol. The van der Waals surface area contributed by atoms with Gasteiger partial charge in [0.05, 0.1) is 23.3 Å². The van der Waals surface area contributed by atoms with Crippen LogP contribution in [0, 0.1) is 5.82 Å². The summed E-state index contributed by atoms with van der Waals surface area (Å²) in [7, 11) is 0. The quantitative estimate of drug-likeness (QED) is 0.778. The van der Waals surface area contributed by atoms with E-state index in [0.29, 0.717) is 5.02 Å². The number of carbonyl (C=O) groups excluding carboxylic acids is 1. The number of amides is 1. The molecular weight excluding hydrogens is 345 g/mol. The molecule has 25 heavy (non-hydrogen) atoms. The molecule has 0 saturated heterocycles. The number of hydrogen-bond donors (Lipinski definition) is 1. The van der Waals surface area contributed by atoms with Crippen LogP contribution in [0.2, 0.25) is 5.02 Å². The maximum atomic E-state index is 13.2. The summed E-state index contributed by atoms with van der Waals surface area (Å²) in [6.07, 6.45) is 1.24. The van der Waals surface area contributed by atoms with E-state index in [1.54, 1.807) is 6.07 Å². The molecule has 0 saturated carbocycles. The van der Waals surface area contributed by atoms with Crippen molar-refractivity contribution in [3.8, 4) is 0 Å². The molecule has 1 aromatic heterocycles. The summed E-state index contributed by atoms with van der Waals surface area (Å²) in [4.78, 5) is 28.7. The Kier molecular flexibility index (Phi) is 4.81. The standard InChI is InChI=1S/C18H15ClFN3O2/c1-11(13-4-2-3-5-15(13)19)22-17(24)9-23-10-21-16-8-12(20)6-7-14(16)18(23)25/h2-8,10-11H,9H2,1H3,(H,22,24). The van der Waals surface area contributed by atoms with Gasteiger partial charge >= 0.3 is 0 Å². The molecular formula is C18H15ClFN3O2. The molecule has 7 heteroatoms. The van der Waals surface area contributed by atoms with Gasteiger partial charge in [-0.2, -0.15) is 0 Å². The first-order valence-electron chi connectivity index (χ1n) is 7.64. The molecule has 0 fully saturated rings. The smallest absolute Gasteiger partial charge is 0.261 e. The van der Waals surface area contributed by atoms with Crippen molar-refractivity contribution in [1.82, 2.24) is 14.9 Å². The fraction of sp³-hybridized carbons (Fsp3) is 0.167. The molecule has 128 valence electrons. The van der Waals surface area contributed by atoms with Gasteiger partial charge in [-0.25, -0.2) is 9.37 Å². The van der Waals surface area contributed by atoms with Gasteiger partial charge in [0.15, 0.2) is 0 Å². The van der Waals surface area contributed by atoms with Crippen molar-refractivity contribution < 1.29 is 9.18 Å². The SMILES string of the molecule is CC(NC(=O)Cn1cnc2cc(F)ccc2c1=O)c1ccccc1Cl. The summed E-state index contributed by atoms with van der Waals surface area (Å²) in [6, 6.07) is 10.6. The number of benzene rings is 2. The second-order valence-electron chi connectivity index (χ2n) is 5.65. The number of rotatable bonds is 4. The number of halogens is 2. The highest BCUT2D eigenvalue weighted by molar-refractivity contribution is 6.31. The van der Waals surface area contributed by atoms with Crippen LogP contribution in [0.3, 0.4) is 0 Å². The Balaban J connectivity index is 1.78. The van der Waals surface area contributed by atoms with Crippen LogP contribution in [0.15, 0.2) is 53.6 Å². The summed E-state index contributed by atoms with van der Waals surface area (Å²) in [5.74, 6) is -0.818. The predicted molar refractivity (Wildman–Crippen MR) is 94.0 cm³/mol. The minimum atomic E-state index is -0.469. The van der Waals surface area contributed by atoms with Gasteiger partial charge in [0.25, 0.3) is 5.56 Å². The van der Waals surface area contributed by atoms with Crippen LogP contribution in [0.1, 0.15) is 18.5 Å². The topological polar surface area (TPSA) is 64.0 Å². The largest absolute Gasteiger partial charge is 0.348 e. The lowest BCUT2D eigenvalue weighted by Crippen LogP contribution is -2.34. The van der Waals surface area contributed by atoms with Gasteiger partial charge in [-0.05, 0) is 30.7 Å². The zero-order valence-corrected chi connectivity index (χ0v) is 14.1. The number of fused-ring (bicyclic) bond motifs is 1. The Morgan fingerprint density at radius 1 is 1.32 bits per heavy atom. The highest BCUT2D eigenvalue weighted by Gasteiger charge is 2.14. The molecule has 0 aliphatic rings. The lowest BCUT2D eigenvalue weighted by atomic mass is 10.1. The zero-order valence-electron chi connectivity index (χ0n) is 13.4. The zero-order chi connectivity index (χ0) is 18.0. The van der Waals surface area contributed by atoms with Gasteiger partial charge in [0.1, 0.15) is 12.4 Å². The fourth-order valence-electron chi connectivity index (χ4n) is 2.59. The molecule has 3 rings (SSSR count). The van der Waals surface area contributed by atoms with E-state index in [0.717, 1.165) is 5.56 Å². The molecule has 0 bridgehead atoms. The second kappa shape index (κ2) is 7.03. The lowest BCUT2D eigenvalue weighted by molar-refractivity contribution is -0.122. The summed E-state index contributed by atoms with van der Waals surface area (Å²) in [5.41, 5.74) is 0.647. The third kappa shape index (κ3) is 3.69. The minimum absolute atomic E-state index is 0.187. The number of hydrogen-bond acceptors (Lipinski definition) is 3. The van der Waals surface area contributed by atoms with Gasteiger partial charge in [-0.1, -0.05) is 29.8 Å². The van der Waals surface area contributed by atoms with E-state index in [9.17, 15) is 14.0 Å². The molecule has 1 unspecified atom stereocenters. The highest BCUT2D eigenvalue weighted by Crippen LogP contribution is 2.22. The number of nitrogens with one attached hydrogen (secondary N) is 1. The first-order chi connectivity index (χ1) is 12.0. The summed E-state index contributed by atoms with van der Waals surface area (Å²) in [6.45, 7) is 1.62. The van der Waals surface area contributed by atoms with Gasteiger partial charge in [-0.3, -0.25) is 14.2 Å². The highest BCUT2D eigenvalue weighted by atomic mass is 35.5. The van der Waals surface area contributed by atoms with Crippen molar-refractivity contribution in [3.63, 3.8) is 0 Å². The first kappa shape index (κ1) is 17.1. The molecule has 3 aromatic rings. The van der Waals surface area contributed by atoms with E-state index in [1.807, 2.05) is 25.1 Å². The van der Waals surface area contributed by atoms with Gasteiger partial charge in [0, 0.05) is 11.1 Å². The minimum Gasteiger partial charge on any atom is -0.348 e. The van der Waals surface area contributed by atoms with Crippen LogP contribution >= 0.6 is 11.6 Å². The second-order valence-corrected chi connectivity index (χ2v) is 6.06. The van der Waals surface area contributed by atoms with Crippen LogP contribution in [-0.2, 0) is 11.3 Å². The van der Waals surface area contributed by atoms with Crippen molar-refractivity contribution in [2.45, 2.75) is 19.5 Å². The predicted octanol–water partition coefficient (Wildman–Crippen LogP) is 3.07. The summed E-state index contributed by atoms with van der Waals surface area (Å²) in [5, 5.41) is 3.62. The summed E-state index contributed by atoms with van der Waals surface area (Å²) >= 11 is 6.12. The van der Waals surface area contributed by atoms with E-state index < -0.39 is 11.4 Å². The van der Waals surface area contributed by atoms with E-state index >= 15 is 0 Å². The van der Waals surface area contributed by atoms with Crippen LogP contribution in [0.4, 0.5) is 4.39 Å². The van der Waals surface area contributed by atoms with Crippen LogP contribution in [0.25, 0.3) is 10.9 Å². The third-order valence-corrected chi connectivity index (χ3v) is 4.19. The Hall–Kier alpha value is -2.73. The molecule has 1 atom stereocenters. The van der Waals surface area contributed by atoms with Crippen molar-refractivity contribution in [2.75, 3.05) is 0 Å². The van der Waals surface area contributed by atoms with Crippen LogP contribution in [-0.4, -0.2) is 15.5 Å². The maximum absolute atomic E-state index is 13.2.